The number of rotatable bonds is 6. The SMILES string of the molecule is CCCC(=O)c1cc(F)c(-c2nc3cc(C)ccn3c2CC2CO2)c(C)c1F. The first-order valence-electron chi connectivity index (χ1n) is 9.52. The van der Waals surface area contributed by atoms with Gasteiger partial charge in [0.25, 0.3) is 0 Å². The molecule has 3 aromatic rings. The Kier molecular flexibility index (Phi) is 4.75. The lowest BCUT2D eigenvalue weighted by atomic mass is 9.96. The Labute approximate surface area is 162 Å². The number of nitrogens with zero attached hydrogens (tertiary/aromatic N) is 2. The Morgan fingerprint density at radius 3 is 2.75 bits per heavy atom. The van der Waals surface area contributed by atoms with Gasteiger partial charge in [-0.1, -0.05) is 6.92 Å². The van der Waals surface area contributed by atoms with Gasteiger partial charge in [-0.2, -0.15) is 0 Å². The van der Waals surface area contributed by atoms with Crippen molar-refractivity contribution in [3.05, 3.63) is 58.4 Å². The minimum absolute atomic E-state index is 0.0681. The van der Waals surface area contributed by atoms with Crippen molar-refractivity contribution in [2.24, 2.45) is 0 Å². The van der Waals surface area contributed by atoms with E-state index in [4.69, 9.17) is 4.74 Å². The Bertz CT molecular complexity index is 1080. The second-order valence-electron chi connectivity index (χ2n) is 7.39. The lowest BCUT2D eigenvalue weighted by Gasteiger charge is -2.12. The predicted molar refractivity (Wildman–Crippen MR) is 103 cm³/mol. The Morgan fingerprint density at radius 1 is 1.32 bits per heavy atom. The molecule has 0 saturated carbocycles. The van der Waals surface area contributed by atoms with Crippen LogP contribution in [0.3, 0.4) is 0 Å². The fraction of sp³-hybridized carbons (Fsp3) is 0.364. The molecule has 1 aromatic carbocycles. The minimum atomic E-state index is -0.670. The average molecular weight is 384 g/mol. The molecule has 0 aliphatic carbocycles. The van der Waals surface area contributed by atoms with E-state index in [2.05, 4.69) is 4.98 Å². The van der Waals surface area contributed by atoms with Crippen molar-refractivity contribution in [1.29, 1.82) is 0 Å². The van der Waals surface area contributed by atoms with E-state index >= 15 is 4.39 Å². The average Bonchev–Trinajstić information content (AvgIpc) is 3.40. The fourth-order valence-corrected chi connectivity index (χ4v) is 3.60. The fourth-order valence-electron chi connectivity index (χ4n) is 3.60. The minimum Gasteiger partial charge on any atom is -0.373 e. The van der Waals surface area contributed by atoms with Crippen molar-refractivity contribution in [1.82, 2.24) is 9.38 Å². The van der Waals surface area contributed by atoms with E-state index in [0.717, 1.165) is 17.3 Å². The van der Waals surface area contributed by atoms with Gasteiger partial charge < -0.3 is 9.14 Å². The maximum atomic E-state index is 15.1. The van der Waals surface area contributed by atoms with Crippen LogP contribution in [0.5, 0.6) is 0 Å². The summed E-state index contributed by atoms with van der Waals surface area (Å²) in [6.45, 7) is 5.94. The third-order valence-corrected chi connectivity index (χ3v) is 5.17. The van der Waals surface area contributed by atoms with E-state index in [-0.39, 0.29) is 35.0 Å². The monoisotopic (exact) mass is 384 g/mol. The molecule has 3 heterocycles. The van der Waals surface area contributed by atoms with Crippen molar-refractivity contribution in [2.75, 3.05) is 6.61 Å². The van der Waals surface area contributed by atoms with Gasteiger partial charge in [-0.05, 0) is 49.6 Å². The highest BCUT2D eigenvalue weighted by atomic mass is 19.1. The molecule has 1 aliphatic heterocycles. The van der Waals surface area contributed by atoms with Crippen molar-refractivity contribution >= 4 is 11.4 Å². The van der Waals surface area contributed by atoms with Gasteiger partial charge in [0.1, 0.15) is 17.3 Å². The number of aromatic nitrogens is 2. The van der Waals surface area contributed by atoms with Gasteiger partial charge in [-0.15, -0.1) is 0 Å². The first kappa shape index (κ1) is 18.7. The van der Waals surface area contributed by atoms with Crippen LogP contribution < -0.4 is 0 Å². The quantitative estimate of drug-likeness (QED) is 0.452. The molecule has 146 valence electrons. The summed E-state index contributed by atoms with van der Waals surface area (Å²) in [7, 11) is 0. The van der Waals surface area contributed by atoms with Crippen LogP contribution in [0.4, 0.5) is 8.78 Å². The molecule has 2 aromatic heterocycles. The van der Waals surface area contributed by atoms with Crippen molar-refractivity contribution in [3.8, 4) is 11.3 Å². The molecule has 1 unspecified atom stereocenters. The van der Waals surface area contributed by atoms with Crippen LogP contribution in [0.15, 0.2) is 24.4 Å². The van der Waals surface area contributed by atoms with E-state index in [1.165, 1.54) is 6.92 Å². The Hall–Kier alpha value is -2.60. The second kappa shape index (κ2) is 7.09. The number of fused-ring (bicyclic) bond motifs is 1. The van der Waals surface area contributed by atoms with E-state index in [0.29, 0.717) is 30.8 Å². The molecule has 4 nitrogen and oxygen atoms in total. The second-order valence-corrected chi connectivity index (χ2v) is 7.39. The molecular formula is C22H22F2N2O2. The summed E-state index contributed by atoms with van der Waals surface area (Å²) in [4.78, 5) is 16.8. The van der Waals surface area contributed by atoms with Crippen LogP contribution >= 0.6 is 0 Å². The maximum absolute atomic E-state index is 15.1. The lowest BCUT2D eigenvalue weighted by Crippen LogP contribution is -2.08. The number of carbonyl (C=O) groups is 1. The first-order valence-corrected chi connectivity index (χ1v) is 9.52. The van der Waals surface area contributed by atoms with Crippen molar-refractivity contribution < 1.29 is 18.3 Å². The molecule has 0 amide bonds. The number of aryl methyl sites for hydroxylation is 1. The van der Waals surface area contributed by atoms with Crippen molar-refractivity contribution in [3.63, 3.8) is 0 Å². The summed E-state index contributed by atoms with van der Waals surface area (Å²) >= 11 is 0. The van der Waals surface area contributed by atoms with Crippen LogP contribution in [-0.4, -0.2) is 27.9 Å². The van der Waals surface area contributed by atoms with Gasteiger partial charge in [0.2, 0.25) is 0 Å². The molecular weight excluding hydrogens is 362 g/mol. The number of hydrogen-bond donors (Lipinski definition) is 0. The predicted octanol–water partition coefficient (Wildman–Crippen LogP) is 4.82. The standard InChI is InChI=1S/C22H22F2N2O2/c1-4-5-18(27)15-10-16(23)20(13(3)21(15)24)22-17(9-14-11-28-14)26-7-6-12(2)8-19(26)25-22/h6-8,10,14H,4-5,9,11H2,1-3H3. The molecule has 1 saturated heterocycles. The van der Waals surface area contributed by atoms with Crippen LogP contribution in [-0.2, 0) is 11.2 Å². The zero-order valence-corrected chi connectivity index (χ0v) is 16.2. The number of halogens is 2. The number of epoxide rings is 1. The van der Waals surface area contributed by atoms with E-state index in [9.17, 15) is 9.18 Å². The number of imidazole rings is 1. The summed E-state index contributed by atoms with van der Waals surface area (Å²) in [5, 5.41) is 0. The Balaban J connectivity index is 1.92. The molecule has 28 heavy (non-hydrogen) atoms. The summed E-state index contributed by atoms with van der Waals surface area (Å²) in [5.74, 6) is -1.68. The molecule has 0 bridgehead atoms. The summed E-state index contributed by atoms with van der Waals surface area (Å²) in [5.41, 5.74) is 2.93. The topological polar surface area (TPSA) is 46.9 Å². The van der Waals surface area contributed by atoms with Crippen LogP contribution in [0.1, 0.15) is 46.9 Å². The van der Waals surface area contributed by atoms with Crippen molar-refractivity contribution in [2.45, 2.75) is 46.1 Å². The highest BCUT2D eigenvalue weighted by molar-refractivity contribution is 5.97. The smallest absolute Gasteiger partial charge is 0.165 e. The van der Waals surface area contributed by atoms with Crippen LogP contribution in [0, 0.1) is 25.5 Å². The number of benzene rings is 1. The van der Waals surface area contributed by atoms with Gasteiger partial charge in [0.15, 0.2) is 5.78 Å². The number of hydrogen-bond acceptors (Lipinski definition) is 3. The van der Waals surface area contributed by atoms with Crippen LogP contribution in [0.2, 0.25) is 0 Å². The van der Waals surface area contributed by atoms with Gasteiger partial charge in [0, 0.05) is 24.6 Å². The largest absolute Gasteiger partial charge is 0.373 e. The molecule has 6 heteroatoms. The van der Waals surface area contributed by atoms with E-state index < -0.39 is 11.6 Å². The number of carbonyl (C=O) groups excluding carboxylic acids is 1. The summed E-state index contributed by atoms with van der Waals surface area (Å²) in [6, 6.07) is 4.87. The van der Waals surface area contributed by atoms with Gasteiger partial charge >= 0.3 is 0 Å². The molecule has 0 N–H and O–H groups in total. The number of ketones is 1. The zero-order valence-electron chi connectivity index (χ0n) is 16.2. The zero-order chi connectivity index (χ0) is 20.0. The number of pyridine rings is 1. The molecule has 4 rings (SSSR count). The van der Waals surface area contributed by atoms with E-state index in [1.807, 2.05) is 36.6 Å². The third-order valence-electron chi connectivity index (χ3n) is 5.17. The molecule has 1 fully saturated rings. The third kappa shape index (κ3) is 3.22. The van der Waals surface area contributed by atoms with E-state index in [1.54, 1.807) is 0 Å². The Morgan fingerprint density at radius 2 is 2.07 bits per heavy atom. The van der Waals surface area contributed by atoms with Gasteiger partial charge in [0.05, 0.1) is 29.7 Å². The van der Waals surface area contributed by atoms with Gasteiger partial charge in [-0.25, -0.2) is 13.8 Å². The maximum Gasteiger partial charge on any atom is 0.165 e. The number of Topliss-reactive ketones (excluding diaryl/α,β-unsaturated/α-hetero) is 1. The lowest BCUT2D eigenvalue weighted by molar-refractivity contribution is 0.0977. The van der Waals surface area contributed by atoms with Crippen LogP contribution in [0.25, 0.3) is 16.9 Å². The summed E-state index contributed by atoms with van der Waals surface area (Å²) < 4.78 is 37.4. The van der Waals surface area contributed by atoms with Gasteiger partial charge in [-0.3, -0.25) is 4.79 Å². The molecule has 1 aliphatic rings. The summed E-state index contributed by atoms with van der Waals surface area (Å²) in [6.07, 6.45) is 3.29. The molecule has 1 atom stereocenters. The molecule has 0 spiro atoms. The first-order chi connectivity index (χ1) is 13.4. The molecule has 0 radical (unpaired) electrons. The number of ether oxygens (including phenoxy) is 1. The highest BCUT2D eigenvalue weighted by Crippen LogP contribution is 2.35. The normalized spacial score (nSPS) is 16.0. The highest BCUT2D eigenvalue weighted by Gasteiger charge is 2.29.